The molecule has 33 nitrogen and oxygen atoms in total. The van der Waals surface area contributed by atoms with Crippen molar-refractivity contribution in [2.45, 2.75) is 103 Å². The van der Waals surface area contributed by atoms with Gasteiger partial charge in [-0.2, -0.15) is 54.8 Å². The largest absolute Gasteiger partial charge is 0.467 e. The van der Waals surface area contributed by atoms with Crippen LogP contribution >= 0.6 is 58.0 Å². The van der Waals surface area contributed by atoms with Crippen LogP contribution in [0.3, 0.4) is 0 Å². The van der Waals surface area contributed by atoms with Gasteiger partial charge in [-0.15, -0.1) is 0 Å². The Morgan fingerprint density at radius 3 is 1.20 bits per heavy atom. The molecule has 0 aliphatic heterocycles. The Morgan fingerprint density at radius 1 is 0.466 bits per heavy atom. The lowest BCUT2D eigenvalue weighted by molar-refractivity contribution is 0.100. The molecule has 17 rings (SSSR count). The summed E-state index contributed by atoms with van der Waals surface area (Å²) >= 11 is 29.6. The van der Waals surface area contributed by atoms with Crippen LogP contribution in [0.4, 0.5) is 29.1 Å². The van der Waals surface area contributed by atoms with E-state index >= 15 is 0 Å². The van der Waals surface area contributed by atoms with E-state index in [1.165, 1.54) is 45.4 Å². The van der Waals surface area contributed by atoms with Crippen molar-refractivity contribution in [3.63, 3.8) is 0 Å². The second-order valence-corrected chi connectivity index (χ2v) is 24.7. The zero-order chi connectivity index (χ0) is 71.2. The van der Waals surface area contributed by atoms with Crippen LogP contribution in [0.1, 0.15) is 121 Å². The second-order valence-electron chi connectivity index (χ2n) is 23.0. The highest BCUT2D eigenvalue weighted by Gasteiger charge is 2.26. The Bertz CT molecular complexity index is 5130. The molecule has 2 aliphatic carbocycles. The first kappa shape index (κ1) is 70.3. The summed E-state index contributed by atoms with van der Waals surface area (Å²) in [5.41, 5.74) is 12.7. The monoisotopic (exact) mass is 1490 g/mol. The summed E-state index contributed by atoms with van der Waals surface area (Å²) in [6.45, 7) is 6.91. The first-order valence-corrected chi connectivity index (χ1v) is 34.3. The molecular weight excluding hydrogens is 1430 g/mol. The van der Waals surface area contributed by atoms with Crippen molar-refractivity contribution in [3.8, 4) is 6.01 Å². The van der Waals surface area contributed by atoms with Gasteiger partial charge in [-0.1, -0.05) is 12.8 Å². The van der Waals surface area contributed by atoms with Crippen LogP contribution in [-0.2, 0) is 39.1 Å². The maximum atomic E-state index is 11.3. The van der Waals surface area contributed by atoms with Gasteiger partial charge in [-0.25, -0.2) is 19.9 Å². The Morgan fingerprint density at radius 2 is 0.835 bits per heavy atom. The number of furan rings is 4. The van der Waals surface area contributed by atoms with E-state index in [0.717, 1.165) is 57.1 Å². The first-order valence-electron chi connectivity index (χ1n) is 32.4. The molecular formula is C65H64Cl5N27O6. The normalized spacial score (nSPS) is 12.7. The summed E-state index contributed by atoms with van der Waals surface area (Å²) in [7, 11) is 0. The highest BCUT2D eigenvalue weighted by molar-refractivity contribution is 6.30. The quantitative estimate of drug-likeness (QED) is 0.0222. The number of nitrogens with two attached hydrogens (primary N) is 1. The van der Waals surface area contributed by atoms with Crippen LogP contribution < -0.4 is 37.1 Å². The van der Waals surface area contributed by atoms with Crippen molar-refractivity contribution in [2.24, 2.45) is 5.73 Å². The number of fused-ring (bicyclic) bond motifs is 5. The summed E-state index contributed by atoms with van der Waals surface area (Å²) in [6, 6.07) is 19.1. The van der Waals surface area contributed by atoms with Gasteiger partial charge in [0.15, 0.2) is 68.9 Å². The molecule has 15 heterocycles. The number of aromatic nitrogens is 21. The average molecular weight is 1500 g/mol. The van der Waals surface area contributed by atoms with Gasteiger partial charge in [0, 0.05) is 44.1 Å². The molecule has 0 atom stereocenters. The lowest BCUT2D eigenvalue weighted by atomic mass is 9.85. The molecule has 38 heteroatoms. The van der Waals surface area contributed by atoms with Crippen LogP contribution in [0.25, 0.3) is 55.8 Å². The molecule has 103 heavy (non-hydrogen) atoms. The zero-order valence-electron chi connectivity index (χ0n) is 54.9. The number of ether oxygens (including phenoxy) is 1. The van der Waals surface area contributed by atoms with Crippen LogP contribution in [0.15, 0.2) is 116 Å². The fourth-order valence-electron chi connectivity index (χ4n) is 10.5. The number of nitrogens with one attached hydrogen (secondary N) is 10. The van der Waals surface area contributed by atoms with E-state index in [1.807, 2.05) is 61.5 Å². The van der Waals surface area contributed by atoms with Gasteiger partial charge < -0.3 is 79.6 Å². The smallest absolute Gasteiger partial charge is 0.296 e. The van der Waals surface area contributed by atoms with Crippen LogP contribution in [0.2, 0.25) is 26.4 Å². The molecule has 2 saturated carbocycles. The molecule has 15 aromatic heterocycles. The van der Waals surface area contributed by atoms with Crippen molar-refractivity contribution in [3.05, 3.63) is 176 Å². The molecule has 0 bridgehead atoms. The average Bonchev–Trinajstić information content (AvgIpc) is 1.65. The lowest BCUT2D eigenvalue weighted by Gasteiger charge is -2.22. The maximum Gasteiger partial charge on any atom is 0.296 e. The number of hydrogen-bond acceptors (Lipinski definition) is 28. The number of ketones is 1. The standard InChI is InChI=1S/C15H15ClN6.C14H14ClN5O.C12H13ClN6O.C12H10ClN5O2.C12H12ClN5O2/c16-15-21-13(18-8-9-4-6-17-7-5-9)11-14(22-15)20-12(19-11)10-2-1-3-10;15-14-19-12(16-7-9-5-2-6-21-9)10-13(20-14)18-11(17-10)8-3-1-4-8;13-12-18-10(15-6-7-2-1-5-20-7)9-11(19-12)17-8(16-9)3-4-14;1-6(19)9-15-8-10(14-5-7-3-2-4-20-7)17-12(13)18-11(8)16-9;1-2-19-12-15-8-9(14-6-7-4-3-5-20-7)16-11(13)17-10(8)18-12/h4-7,10H,1-3,8H2,(H2,18,19,20,21,22);2,5-6,8H,1,3-4,7H2,(H2,16,17,18,19,20);1-2,5H,3-4,6,14H2,(H2,15,16,17,18,19);2-4H,5H2,1H3,(H2,14,15,16,17,18);3-5H,2,6H2,1H3,(H2,14,15,16,17,18). The van der Waals surface area contributed by atoms with Gasteiger partial charge in [0.2, 0.25) is 26.4 Å². The fourth-order valence-corrected chi connectivity index (χ4v) is 11.3. The number of imidazole rings is 5. The van der Waals surface area contributed by atoms with E-state index in [4.69, 9.17) is 86.1 Å². The third-order valence-electron chi connectivity index (χ3n) is 15.9. The third-order valence-corrected chi connectivity index (χ3v) is 16.8. The first-order chi connectivity index (χ1) is 50.2. The third kappa shape index (κ3) is 18.0. The molecule has 12 N–H and O–H groups in total. The number of anilines is 5. The highest BCUT2D eigenvalue weighted by Crippen LogP contribution is 2.38. The minimum absolute atomic E-state index is 0.0565. The van der Waals surface area contributed by atoms with E-state index in [0.29, 0.717) is 144 Å². The lowest BCUT2D eigenvalue weighted by Crippen LogP contribution is -2.10. The predicted molar refractivity (Wildman–Crippen MR) is 386 cm³/mol. The molecule has 2 fully saturated rings. The summed E-state index contributed by atoms with van der Waals surface area (Å²) in [5.74, 6) is 9.91. The fraction of sp³-hybridized carbons (Fsp3) is 0.277. The van der Waals surface area contributed by atoms with Crippen molar-refractivity contribution >= 4 is 149 Å². The van der Waals surface area contributed by atoms with Crippen molar-refractivity contribution in [2.75, 3.05) is 39.7 Å². The van der Waals surface area contributed by atoms with Crippen LogP contribution in [0.5, 0.6) is 6.01 Å². The van der Waals surface area contributed by atoms with Crippen LogP contribution in [0, 0.1) is 0 Å². The molecule has 2 aliphatic rings. The van der Waals surface area contributed by atoms with E-state index < -0.39 is 0 Å². The molecule has 15 aromatic rings. The number of H-pyrrole nitrogens is 5. The number of Topliss-reactive ketones (excluding diaryl/α,β-unsaturated/α-hetero) is 1. The number of aromatic amines is 5. The maximum absolute atomic E-state index is 11.3. The number of carbonyl (C=O) groups is 1. The van der Waals surface area contributed by atoms with E-state index in [-0.39, 0.29) is 38.0 Å². The molecule has 0 aromatic carbocycles. The number of carbonyl (C=O) groups excluding carboxylic acids is 1. The van der Waals surface area contributed by atoms with E-state index in [9.17, 15) is 4.79 Å². The van der Waals surface area contributed by atoms with Gasteiger partial charge in [0.05, 0.1) is 57.8 Å². The SMILES string of the molecule is CC(=O)c1nc2nc(Cl)nc(NCc3ccco3)c2[nH]1.CCOc1nc2nc(Cl)nc(NCc3ccco3)c2[nH]1.Clc1nc(NCc2ccco2)c2[nH]c(C3CCC3)nc2n1.Clc1nc(NCc2ccncc2)c2[nH]c(C3CCC3)nc2n1.NCCc1nc2nc(Cl)nc(NCc3ccco3)c2[nH]1. The predicted octanol–water partition coefficient (Wildman–Crippen LogP) is 13.5. The Balaban J connectivity index is 0.000000115. The molecule has 0 unspecified atom stereocenters. The van der Waals surface area contributed by atoms with Crippen molar-refractivity contribution in [1.82, 2.24) is 105 Å². The number of nitrogens with zero attached hydrogens (tertiary/aromatic N) is 16. The van der Waals surface area contributed by atoms with E-state index in [1.54, 1.807) is 43.5 Å². The number of hydrogen-bond donors (Lipinski definition) is 11. The molecule has 0 amide bonds. The Labute approximate surface area is 608 Å². The summed E-state index contributed by atoms with van der Waals surface area (Å²) in [5, 5.41) is 16.6. The van der Waals surface area contributed by atoms with E-state index in [2.05, 4.69) is 131 Å². The summed E-state index contributed by atoms with van der Waals surface area (Å²) < 4.78 is 26.3. The van der Waals surface area contributed by atoms with Crippen LogP contribution in [-0.4, -0.2) is 124 Å². The number of rotatable bonds is 22. The van der Waals surface area contributed by atoms with Gasteiger partial charge in [-0.05, 0) is 163 Å². The molecule has 0 spiro atoms. The zero-order valence-corrected chi connectivity index (χ0v) is 58.6. The van der Waals surface area contributed by atoms with Gasteiger partial charge >= 0.3 is 0 Å². The van der Waals surface area contributed by atoms with Gasteiger partial charge in [0.25, 0.3) is 6.01 Å². The van der Waals surface area contributed by atoms with Gasteiger partial charge in [-0.3, -0.25) is 9.78 Å². The number of pyridine rings is 1. The molecule has 0 radical (unpaired) electrons. The van der Waals surface area contributed by atoms with Crippen molar-refractivity contribution in [1.29, 1.82) is 0 Å². The summed E-state index contributed by atoms with van der Waals surface area (Å²) in [6.07, 6.45) is 17.9. The van der Waals surface area contributed by atoms with Crippen molar-refractivity contribution < 1.29 is 27.2 Å². The molecule has 0 saturated heterocycles. The van der Waals surface area contributed by atoms with Gasteiger partial charge in [0.1, 0.15) is 68.1 Å². The molecule has 530 valence electrons. The Kier molecular flexibility index (Phi) is 22.6. The second kappa shape index (κ2) is 33.1. The topological polar surface area (TPSA) is 450 Å². The minimum Gasteiger partial charge on any atom is -0.467 e. The Hall–Kier alpha value is -11.1. The highest BCUT2D eigenvalue weighted by atomic mass is 35.5. The number of halogens is 5. The minimum atomic E-state index is -0.184. The summed E-state index contributed by atoms with van der Waals surface area (Å²) in [4.78, 5) is 94.3.